The zero-order valence-corrected chi connectivity index (χ0v) is 14.7. The van der Waals surface area contributed by atoms with Crippen LogP contribution in [0.1, 0.15) is 58.1 Å². The molecule has 2 aromatic heterocycles. The zero-order valence-electron chi connectivity index (χ0n) is 14.7. The van der Waals surface area contributed by atoms with Crippen molar-refractivity contribution in [1.82, 2.24) is 14.3 Å². The zero-order chi connectivity index (χ0) is 16.6. The van der Waals surface area contributed by atoms with Gasteiger partial charge in [0.25, 0.3) is 5.56 Å². The van der Waals surface area contributed by atoms with Gasteiger partial charge in [-0.3, -0.25) is 14.1 Å². The van der Waals surface area contributed by atoms with Crippen LogP contribution in [0, 0.1) is 0 Å². The summed E-state index contributed by atoms with van der Waals surface area (Å²) < 4.78 is 1.68. The van der Waals surface area contributed by atoms with Crippen molar-refractivity contribution in [2.24, 2.45) is 0 Å². The smallest absolute Gasteiger partial charge is 0.262 e. The van der Waals surface area contributed by atoms with Crippen LogP contribution in [0.3, 0.4) is 0 Å². The Balaban J connectivity index is 1.95. The van der Waals surface area contributed by atoms with Crippen molar-refractivity contribution in [2.45, 2.75) is 65.0 Å². The number of hydrogen-bond acceptors (Lipinski definition) is 3. The Morgan fingerprint density at radius 2 is 2.13 bits per heavy atom. The maximum absolute atomic E-state index is 12.8. The van der Waals surface area contributed by atoms with Crippen LogP contribution in [0.4, 0.5) is 0 Å². The summed E-state index contributed by atoms with van der Waals surface area (Å²) in [4.78, 5) is 19.7. The summed E-state index contributed by atoms with van der Waals surface area (Å²) in [7, 11) is 0. The first kappa shape index (κ1) is 16.2. The lowest BCUT2D eigenvalue weighted by Crippen LogP contribution is -2.32. The first-order valence-corrected chi connectivity index (χ1v) is 8.65. The molecule has 124 valence electrons. The fourth-order valence-corrected chi connectivity index (χ4v) is 3.47. The Labute approximate surface area is 138 Å². The molecule has 0 saturated carbocycles. The van der Waals surface area contributed by atoms with Crippen molar-refractivity contribution in [3.63, 3.8) is 0 Å². The van der Waals surface area contributed by atoms with Gasteiger partial charge < -0.3 is 0 Å². The SMILES string of the molecule is CC[C@@H]1CCCN1Cc1cnc2cc(C(C)(C)C)ccn2c1=O. The van der Waals surface area contributed by atoms with Crippen molar-refractivity contribution in [1.29, 1.82) is 0 Å². The highest BCUT2D eigenvalue weighted by Crippen LogP contribution is 2.23. The van der Waals surface area contributed by atoms with Gasteiger partial charge in [-0.1, -0.05) is 27.7 Å². The van der Waals surface area contributed by atoms with Gasteiger partial charge in [-0.2, -0.15) is 0 Å². The summed E-state index contributed by atoms with van der Waals surface area (Å²) in [6.45, 7) is 10.5. The van der Waals surface area contributed by atoms with E-state index in [1.165, 1.54) is 18.4 Å². The van der Waals surface area contributed by atoms with Gasteiger partial charge in [0.1, 0.15) is 5.65 Å². The highest BCUT2D eigenvalue weighted by atomic mass is 16.1. The molecule has 0 N–H and O–H groups in total. The fraction of sp³-hybridized carbons (Fsp3) is 0.579. The molecule has 4 heteroatoms. The van der Waals surface area contributed by atoms with E-state index in [1.807, 2.05) is 18.3 Å². The molecular formula is C19H27N3O. The van der Waals surface area contributed by atoms with Gasteiger partial charge >= 0.3 is 0 Å². The quantitative estimate of drug-likeness (QED) is 0.872. The molecule has 1 fully saturated rings. The molecule has 3 rings (SSSR count). The number of likely N-dealkylation sites (tertiary alicyclic amines) is 1. The average Bonchev–Trinajstić information content (AvgIpc) is 2.96. The second-order valence-electron chi connectivity index (χ2n) is 7.66. The lowest BCUT2D eigenvalue weighted by Gasteiger charge is -2.23. The number of aromatic nitrogens is 2. The van der Waals surface area contributed by atoms with Crippen LogP contribution in [-0.4, -0.2) is 26.9 Å². The second kappa shape index (κ2) is 6.08. The minimum atomic E-state index is 0.0576. The molecule has 2 aromatic rings. The van der Waals surface area contributed by atoms with E-state index in [1.54, 1.807) is 10.6 Å². The first-order chi connectivity index (χ1) is 10.9. The van der Waals surface area contributed by atoms with Gasteiger partial charge in [0.2, 0.25) is 0 Å². The molecule has 0 amide bonds. The van der Waals surface area contributed by atoms with Gasteiger partial charge in [0, 0.05) is 25.0 Å². The largest absolute Gasteiger partial charge is 0.296 e. The minimum absolute atomic E-state index is 0.0576. The molecule has 0 aromatic carbocycles. The van der Waals surface area contributed by atoms with Crippen molar-refractivity contribution >= 4 is 5.65 Å². The number of nitrogens with zero attached hydrogens (tertiary/aromatic N) is 3. The summed E-state index contributed by atoms with van der Waals surface area (Å²) >= 11 is 0. The van der Waals surface area contributed by atoms with Crippen LogP contribution in [0.25, 0.3) is 5.65 Å². The summed E-state index contributed by atoms with van der Waals surface area (Å²) in [5.74, 6) is 0. The molecule has 3 heterocycles. The van der Waals surface area contributed by atoms with E-state index in [9.17, 15) is 4.79 Å². The molecule has 0 radical (unpaired) electrons. The van der Waals surface area contributed by atoms with Gasteiger partial charge in [0.15, 0.2) is 0 Å². The topological polar surface area (TPSA) is 37.6 Å². The standard InChI is InChI=1S/C19H27N3O/c1-5-16-7-6-9-21(16)13-14-12-20-17-11-15(19(2,3)4)8-10-22(17)18(14)23/h8,10-12,16H,5-7,9,13H2,1-4H3/t16-/m1/s1. The molecule has 1 aliphatic heterocycles. The van der Waals surface area contributed by atoms with E-state index in [0.29, 0.717) is 12.6 Å². The molecule has 23 heavy (non-hydrogen) atoms. The summed E-state index contributed by atoms with van der Waals surface area (Å²) in [6, 6.07) is 4.67. The lowest BCUT2D eigenvalue weighted by molar-refractivity contribution is 0.238. The Morgan fingerprint density at radius 3 is 2.83 bits per heavy atom. The molecule has 1 saturated heterocycles. The monoisotopic (exact) mass is 313 g/mol. The number of fused-ring (bicyclic) bond motifs is 1. The Kier molecular flexibility index (Phi) is 4.28. The van der Waals surface area contributed by atoms with Crippen LogP contribution in [0.5, 0.6) is 0 Å². The van der Waals surface area contributed by atoms with Gasteiger partial charge in [-0.05, 0) is 48.9 Å². The third-order valence-electron chi connectivity index (χ3n) is 4.99. The van der Waals surface area contributed by atoms with E-state index in [-0.39, 0.29) is 11.0 Å². The molecule has 0 aliphatic carbocycles. The predicted octanol–water partition coefficient (Wildman–Crippen LogP) is 3.37. The van der Waals surface area contributed by atoms with Gasteiger partial charge in [-0.15, -0.1) is 0 Å². The van der Waals surface area contributed by atoms with Crippen molar-refractivity contribution < 1.29 is 0 Å². The second-order valence-corrected chi connectivity index (χ2v) is 7.66. The van der Waals surface area contributed by atoms with Crippen LogP contribution in [0.2, 0.25) is 0 Å². The van der Waals surface area contributed by atoms with E-state index in [4.69, 9.17) is 0 Å². The molecule has 0 unspecified atom stereocenters. The highest BCUT2D eigenvalue weighted by Gasteiger charge is 2.24. The minimum Gasteiger partial charge on any atom is -0.296 e. The molecule has 1 aliphatic rings. The molecule has 0 spiro atoms. The number of rotatable bonds is 3. The van der Waals surface area contributed by atoms with Crippen LogP contribution < -0.4 is 5.56 Å². The third kappa shape index (κ3) is 3.18. The van der Waals surface area contributed by atoms with Crippen molar-refractivity contribution in [2.75, 3.05) is 6.54 Å². The van der Waals surface area contributed by atoms with E-state index >= 15 is 0 Å². The van der Waals surface area contributed by atoms with E-state index in [0.717, 1.165) is 24.2 Å². The summed E-state index contributed by atoms with van der Waals surface area (Å²) in [6.07, 6.45) is 7.27. The summed E-state index contributed by atoms with van der Waals surface area (Å²) in [5.41, 5.74) is 2.85. The average molecular weight is 313 g/mol. The Hall–Kier alpha value is -1.68. The predicted molar refractivity (Wildman–Crippen MR) is 93.9 cm³/mol. The summed E-state index contributed by atoms with van der Waals surface area (Å²) in [5, 5.41) is 0. The maximum Gasteiger partial charge on any atom is 0.262 e. The van der Waals surface area contributed by atoms with Gasteiger partial charge in [-0.25, -0.2) is 4.98 Å². The lowest BCUT2D eigenvalue weighted by atomic mass is 9.88. The maximum atomic E-state index is 12.8. The fourth-order valence-electron chi connectivity index (χ4n) is 3.47. The third-order valence-corrected chi connectivity index (χ3v) is 4.99. The van der Waals surface area contributed by atoms with E-state index < -0.39 is 0 Å². The Morgan fingerprint density at radius 1 is 1.35 bits per heavy atom. The Bertz CT molecular complexity index is 757. The molecule has 1 atom stereocenters. The van der Waals surface area contributed by atoms with Gasteiger partial charge in [0.05, 0.1) is 5.56 Å². The van der Waals surface area contributed by atoms with Crippen LogP contribution in [-0.2, 0) is 12.0 Å². The number of pyridine rings is 1. The van der Waals surface area contributed by atoms with Crippen LogP contribution >= 0.6 is 0 Å². The molecular weight excluding hydrogens is 286 g/mol. The normalized spacial score (nSPS) is 19.6. The number of hydrogen-bond donors (Lipinski definition) is 0. The molecule has 4 nitrogen and oxygen atoms in total. The van der Waals surface area contributed by atoms with Crippen LogP contribution in [0.15, 0.2) is 29.3 Å². The highest BCUT2D eigenvalue weighted by molar-refractivity contribution is 5.43. The molecule has 0 bridgehead atoms. The van der Waals surface area contributed by atoms with Crippen molar-refractivity contribution in [3.05, 3.63) is 46.0 Å². The van der Waals surface area contributed by atoms with Crippen molar-refractivity contribution in [3.8, 4) is 0 Å². The van der Waals surface area contributed by atoms with E-state index in [2.05, 4.69) is 37.6 Å². The first-order valence-electron chi connectivity index (χ1n) is 8.65.